The molecule has 2 aromatic rings. The van der Waals surface area contributed by atoms with Gasteiger partial charge in [0.1, 0.15) is 5.82 Å². The molecule has 1 heterocycles. The Morgan fingerprint density at radius 3 is 2.86 bits per heavy atom. The average molecular weight is 308 g/mol. The molecule has 0 radical (unpaired) electrons. The first-order valence-electron chi connectivity index (χ1n) is 7.06. The quantitative estimate of drug-likeness (QED) is 0.761. The number of halogens is 1. The molecule has 1 aromatic carbocycles. The van der Waals surface area contributed by atoms with E-state index in [0.717, 1.165) is 30.1 Å². The molecule has 0 aliphatic rings. The van der Waals surface area contributed by atoms with Crippen LogP contribution in [0.25, 0.3) is 0 Å². The van der Waals surface area contributed by atoms with Gasteiger partial charge in [-0.3, -0.25) is 0 Å². The fraction of sp³-hybridized carbons (Fsp3) is 0.438. The Bertz CT molecular complexity index is 559. The second kappa shape index (κ2) is 8.22. The van der Waals surface area contributed by atoms with Gasteiger partial charge in [-0.05, 0) is 25.0 Å². The molecule has 1 N–H and O–H groups in total. The van der Waals surface area contributed by atoms with E-state index in [9.17, 15) is 4.39 Å². The molecule has 0 aliphatic carbocycles. The van der Waals surface area contributed by atoms with E-state index in [0.29, 0.717) is 6.61 Å². The normalized spacial score (nSPS) is 12.5. The molecule has 1 aromatic heterocycles. The minimum Gasteiger partial charge on any atom is -0.383 e. The predicted octanol–water partition coefficient (Wildman–Crippen LogP) is 3.15. The Kier molecular flexibility index (Phi) is 6.29. The van der Waals surface area contributed by atoms with Crippen molar-refractivity contribution in [1.82, 2.24) is 10.3 Å². The summed E-state index contributed by atoms with van der Waals surface area (Å²) in [6.07, 6.45) is 2.69. The molecular weight excluding hydrogens is 287 g/mol. The van der Waals surface area contributed by atoms with Crippen molar-refractivity contribution in [2.75, 3.05) is 26.8 Å². The van der Waals surface area contributed by atoms with Gasteiger partial charge in [-0.15, -0.1) is 11.3 Å². The van der Waals surface area contributed by atoms with Gasteiger partial charge in [0.2, 0.25) is 0 Å². The third-order valence-electron chi connectivity index (χ3n) is 3.34. The third kappa shape index (κ3) is 4.88. The molecule has 114 valence electrons. The van der Waals surface area contributed by atoms with E-state index < -0.39 is 0 Å². The molecule has 1 unspecified atom stereocenters. The van der Waals surface area contributed by atoms with Crippen LogP contribution < -0.4 is 5.32 Å². The van der Waals surface area contributed by atoms with Crippen LogP contribution in [0.1, 0.15) is 21.4 Å². The van der Waals surface area contributed by atoms with E-state index in [1.807, 2.05) is 25.3 Å². The van der Waals surface area contributed by atoms with Crippen molar-refractivity contribution >= 4 is 11.3 Å². The minimum atomic E-state index is -0.141. The molecule has 0 fully saturated rings. The second-order valence-corrected chi connectivity index (χ2v) is 6.28. The van der Waals surface area contributed by atoms with Crippen molar-refractivity contribution in [3.8, 4) is 0 Å². The first kappa shape index (κ1) is 16.1. The largest absolute Gasteiger partial charge is 0.383 e. The SMILES string of the molecule is COCCNCC(Cc1cnc(C)s1)c1ccccc1F. The second-order valence-electron chi connectivity index (χ2n) is 4.97. The van der Waals surface area contributed by atoms with Gasteiger partial charge in [0, 0.05) is 37.2 Å². The van der Waals surface area contributed by atoms with Crippen LogP contribution in [-0.2, 0) is 11.2 Å². The molecule has 3 nitrogen and oxygen atoms in total. The number of rotatable bonds is 8. The topological polar surface area (TPSA) is 34.1 Å². The lowest BCUT2D eigenvalue weighted by atomic mass is 9.94. The van der Waals surface area contributed by atoms with Crippen LogP contribution in [0.3, 0.4) is 0 Å². The van der Waals surface area contributed by atoms with Crippen molar-refractivity contribution < 1.29 is 9.13 Å². The van der Waals surface area contributed by atoms with Crippen molar-refractivity contribution in [3.63, 3.8) is 0 Å². The summed E-state index contributed by atoms with van der Waals surface area (Å²) in [5, 5.41) is 4.38. The number of nitrogens with zero attached hydrogens (tertiary/aromatic N) is 1. The van der Waals surface area contributed by atoms with Crippen molar-refractivity contribution in [2.24, 2.45) is 0 Å². The van der Waals surface area contributed by atoms with Gasteiger partial charge in [-0.25, -0.2) is 9.37 Å². The highest BCUT2D eigenvalue weighted by Gasteiger charge is 2.17. The lowest BCUT2D eigenvalue weighted by molar-refractivity contribution is 0.199. The summed E-state index contributed by atoms with van der Waals surface area (Å²) in [5.41, 5.74) is 0.758. The van der Waals surface area contributed by atoms with Gasteiger partial charge < -0.3 is 10.1 Å². The zero-order valence-corrected chi connectivity index (χ0v) is 13.3. The van der Waals surface area contributed by atoms with Gasteiger partial charge in [0.15, 0.2) is 0 Å². The number of aromatic nitrogens is 1. The summed E-state index contributed by atoms with van der Waals surface area (Å²) in [7, 11) is 1.68. The fourth-order valence-electron chi connectivity index (χ4n) is 2.29. The molecule has 0 bridgehead atoms. The Hall–Kier alpha value is -1.30. The Morgan fingerprint density at radius 1 is 1.38 bits per heavy atom. The Labute approximate surface area is 129 Å². The maximum atomic E-state index is 14.1. The highest BCUT2D eigenvalue weighted by Crippen LogP contribution is 2.25. The molecule has 21 heavy (non-hydrogen) atoms. The number of aryl methyl sites for hydroxylation is 1. The zero-order valence-electron chi connectivity index (χ0n) is 12.4. The van der Waals surface area contributed by atoms with Gasteiger partial charge in [0.25, 0.3) is 0 Å². The molecule has 0 aliphatic heterocycles. The molecule has 0 saturated carbocycles. The number of nitrogens with one attached hydrogen (secondary N) is 1. The first-order chi connectivity index (χ1) is 10.2. The third-order valence-corrected chi connectivity index (χ3v) is 4.27. The number of methoxy groups -OCH3 is 1. The summed E-state index contributed by atoms with van der Waals surface area (Å²) in [6.45, 7) is 4.14. The molecule has 1 atom stereocenters. The Morgan fingerprint density at radius 2 is 2.19 bits per heavy atom. The number of hydrogen-bond acceptors (Lipinski definition) is 4. The lowest BCUT2D eigenvalue weighted by Gasteiger charge is -2.18. The van der Waals surface area contributed by atoms with Crippen LogP contribution in [0.4, 0.5) is 4.39 Å². The van der Waals surface area contributed by atoms with Crippen molar-refractivity contribution in [1.29, 1.82) is 0 Å². The fourth-order valence-corrected chi connectivity index (χ4v) is 3.17. The van der Waals surface area contributed by atoms with Crippen LogP contribution in [-0.4, -0.2) is 31.8 Å². The van der Waals surface area contributed by atoms with Gasteiger partial charge in [-0.1, -0.05) is 18.2 Å². The smallest absolute Gasteiger partial charge is 0.126 e. The number of benzene rings is 1. The minimum absolute atomic E-state index is 0.0999. The van der Waals surface area contributed by atoms with E-state index in [4.69, 9.17) is 4.74 Å². The molecular formula is C16H21FN2OS. The van der Waals surface area contributed by atoms with Crippen LogP contribution >= 0.6 is 11.3 Å². The van der Waals surface area contributed by atoms with E-state index in [1.54, 1.807) is 24.5 Å². The van der Waals surface area contributed by atoms with Crippen LogP contribution in [0.5, 0.6) is 0 Å². The predicted molar refractivity (Wildman–Crippen MR) is 84.4 cm³/mol. The average Bonchev–Trinajstić information content (AvgIpc) is 2.88. The number of ether oxygens (including phenoxy) is 1. The Balaban J connectivity index is 2.08. The summed E-state index contributed by atoms with van der Waals surface area (Å²) in [6, 6.07) is 7.00. The van der Waals surface area contributed by atoms with E-state index in [-0.39, 0.29) is 11.7 Å². The number of hydrogen-bond donors (Lipinski definition) is 1. The van der Waals surface area contributed by atoms with Crippen LogP contribution in [0.2, 0.25) is 0 Å². The van der Waals surface area contributed by atoms with Gasteiger partial charge in [-0.2, -0.15) is 0 Å². The zero-order chi connectivity index (χ0) is 15.1. The van der Waals surface area contributed by atoms with Crippen LogP contribution in [0.15, 0.2) is 30.5 Å². The van der Waals surface area contributed by atoms with Crippen molar-refractivity contribution in [2.45, 2.75) is 19.3 Å². The highest BCUT2D eigenvalue weighted by atomic mass is 32.1. The summed E-state index contributed by atoms with van der Waals surface area (Å²) >= 11 is 1.67. The summed E-state index contributed by atoms with van der Waals surface area (Å²) < 4.78 is 19.1. The summed E-state index contributed by atoms with van der Waals surface area (Å²) in [4.78, 5) is 5.47. The van der Waals surface area contributed by atoms with Crippen LogP contribution in [0, 0.1) is 12.7 Å². The lowest BCUT2D eigenvalue weighted by Crippen LogP contribution is -2.26. The maximum absolute atomic E-state index is 14.1. The van der Waals surface area contributed by atoms with E-state index in [2.05, 4.69) is 10.3 Å². The monoisotopic (exact) mass is 308 g/mol. The van der Waals surface area contributed by atoms with Crippen molar-refractivity contribution in [3.05, 3.63) is 51.7 Å². The first-order valence-corrected chi connectivity index (χ1v) is 7.87. The number of thiazole rings is 1. The van der Waals surface area contributed by atoms with E-state index in [1.165, 1.54) is 10.9 Å². The maximum Gasteiger partial charge on any atom is 0.126 e. The van der Waals surface area contributed by atoms with Gasteiger partial charge >= 0.3 is 0 Å². The van der Waals surface area contributed by atoms with E-state index >= 15 is 0 Å². The van der Waals surface area contributed by atoms with Gasteiger partial charge in [0.05, 0.1) is 11.6 Å². The molecule has 0 amide bonds. The summed E-state index contributed by atoms with van der Waals surface area (Å²) in [5.74, 6) is -0.0415. The molecule has 0 spiro atoms. The molecule has 0 saturated heterocycles. The molecule has 2 rings (SSSR count). The highest BCUT2D eigenvalue weighted by molar-refractivity contribution is 7.11. The molecule has 5 heteroatoms. The standard InChI is InChI=1S/C16H21FN2OS/c1-12-19-11-14(21-12)9-13(10-18-7-8-20-2)15-5-3-4-6-16(15)17/h3-6,11,13,18H,7-10H2,1-2H3.